The van der Waals surface area contributed by atoms with Crippen molar-refractivity contribution in [3.63, 3.8) is 0 Å². The number of fused-ring (bicyclic) bond motifs is 2. The van der Waals surface area contributed by atoms with Crippen molar-refractivity contribution in [1.29, 1.82) is 0 Å². The van der Waals surface area contributed by atoms with Gasteiger partial charge in [0.05, 0.1) is 10.0 Å². The lowest BCUT2D eigenvalue weighted by molar-refractivity contribution is -0.734. The molecule has 0 bridgehead atoms. The Kier molecular flexibility index (Phi) is 3.45. The molecule has 0 aliphatic heterocycles. The van der Waals surface area contributed by atoms with E-state index in [-0.39, 0.29) is 35.4 Å². The monoisotopic (exact) mass is 375 g/mol. The Morgan fingerprint density at radius 1 is 0.960 bits per heavy atom. The first-order valence-electron chi connectivity index (χ1n) is 6.99. The first-order valence-corrected chi connectivity index (χ1v) is 7.74. The zero-order valence-electron chi connectivity index (χ0n) is 12.3. The summed E-state index contributed by atoms with van der Waals surface area (Å²) in [5.41, 5.74) is 0.00212. The van der Waals surface area contributed by atoms with Gasteiger partial charge < -0.3 is 10.4 Å². The minimum atomic E-state index is -0.581. The van der Waals surface area contributed by atoms with Gasteiger partial charge in [-0.1, -0.05) is 41.4 Å². The van der Waals surface area contributed by atoms with E-state index in [9.17, 15) is 15.3 Å². The number of para-hydroxylation sites is 2. The molecule has 10 heteroatoms. The largest absolute Gasteiger partial charge is 0.768 e. The first-order chi connectivity index (χ1) is 12.0. The van der Waals surface area contributed by atoms with Crippen LogP contribution in [-0.2, 0) is 0 Å². The number of aromatic nitrogens is 5. The van der Waals surface area contributed by atoms with E-state index in [1.807, 2.05) is 0 Å². The van der Waals surface area contributed by atoms with Crippen LogP contribution in [0.4, 0.5) is 0 Å². The molecule has 0 atom stereocenters. The third-order valence-corrected chi connectivity index (χ3v) is 4.26. The predicted octanol–water partition coefficient (Wildman–Crippen LogP) is 2.45. The summed E-state index contributed by atoms with van der Waals surface area (Å²) in [6, 6.07) is 11.1. The van der Waals surface area contributed by atoms with Crippen LogP contribution in [0, 0.1) is 15.3 Å². The molecule has 0 saturated heterocycles. The Morgan fingerprint density at radius 3 is 2.20 bits per heavy atom. The lowest BCUT2D eigenvalue weighted by Crippen LogP contribution is -2.49. The van der Waals surface area contributed by atoms with Crippen LogP contribution >= 0.6 is 23.2 Å². The number of benzene rings is 2. The van der Waals surface area contributed by atoms with E-state index in [0.29, 0.717) is 11.0 Å². The van der Waals surface area contributed by atoms with E-state index >= 15 is 0 Å². The summed E-state index contributed by atoms with van der Waals surface area (Å²) in [4.78, 5) is 20.8. The Balaban J connectivity index is 2.21. The second kappa shape index (κ2) is 5.54. The van der Waals surface area contributed by atoms with Crippen LogP contribution in [0.1, 0.15) is 0 Å². The number of nitrogens with zero attached hydrogens (tertiary/aromatic N) is 5. The molecule has 0 aliphatic rings. The molecule has 2 heterocycles. The zero-order valence-corrected chi connectivity index (χ0v) is 13.8. The quantitative estimate of drug-likeness (QED) is 0.288. The Labute approximate surface area is 149 Å². The van der Waals surface area contributed by atoms with Crippen molar-refractivity contribution in [1.82, 2.24) is 14.8 Å². The van der Waals surface area contributed by atoms with E-state index < -0.39 is 11.5 Å². The van der Waals surface area contributed by atoms with Crippen molar-refractivity contribution in [3.05, 3.63) is 67.8 Å². The van der Waals surface area contributed by atoms with E-state index in [4.69, 9.17) is 23.2 Å². The highest BCUT2D eigenvalue weighted by Gasteiger charge is 2.31. The fourth-order valence-electron chi connectivity index (χ4n) is 2.50. The van der Waals surface area contributed by atoms with Gasteiger partial charge in [-0.25, -0.2) is 4.98 Å². The van der Waals surface area contributed by atoms with Crippen LogP contribution in [0.3, 0.4) is 0 Å². The maximum atomic E-state index is 12.8. The average Bonchev–Trinajstić information content (AvgIpc) is 2.61. The third kappa shape index (κ3) is 2.26. The number of rotatable bonds is 1. The summed E-state index contributed by atoms with van der Waals surface area (Å²) in [7, 11) is 0. The molecule has 2 aromatic heterocycles. The molecule has 0 unspecified atom stereocenters. The van der Waals surface area contributed by atoms with Gasteiger partial charge in [0.2, 0.25) is 5.52 Å². The lowest BCUT2D eigenvalue weighted by Gasteiger charge is -2.15. The lowest BCUT2D eigenvalue weighted by atomic mass is 10.2. The molecule has 25 heavy (non-hydrogen) atoms. The Morgan fingerprint density at radius 2 is 1.56 bits per heavy atom. The molecule has 0 aliphatic carbocycles. The number of hydrogen-bond donors (Lipinski definition) is 0. The van der Waals surface area contributed by atoms with Crippen LogP contribution in [0.15, 0.2) is 42.5 Å². The van der Waals surface area contributed by atoms with Crippen molar-refractivity contribution in [2.75, 3.05) is 0 Å². The molecule has 0 N–H and O–H groups in total. The van der Waals surface area contributed by atoms with Crippen molar-refractivity contribution >= 4 is 45.5 Å². The van der Waals surface area contributed by atoms with Crippen molar-refractivity contribution in [2.45, 2.75) is 0 Å². The molecule has 8 nitrogen and oxygen atoms in total. The molecule has 0 fully saturated rings. The molecule has 0 saturated carbocycles. The molecule has 124 valence electrons. The first kappa shape index (κ1) is 15.6. The highest BCUT2D eigenvalue weighted by atomic mass is 35.5. The summed E-state index contributed by atoms with van der Waals surface area (Å²) in [6.45, 7) is 0. The normalized spacial score (nSPS) is 11.3. The second-order valence-corrected chi connectivity index (χ2v) is 5.93. The molecular weight excluding hydrogens is 369 g/mol. The SMILES string of the molecule is O=[n+]1c(-c2c(Cl)cccc2Cl)[n+]([O-])n([O-])c2nc3ccccc3nc21. The summed E-state index contributed by atoms with van der Waals surface area (Å²) in [6.07, 6.45) is 0. The van der Waals surface area contributed by atoms with Gasteiger partial charge in [-0.2, -0.15) is 4.85 Å². The van der Waals surface area contributed by atoms with E-state index in [2.05, 4.69) is 9.97 Å². The third-order valence-electron chi connectivity index (χ3n) is 3.63. The molecular formula is C15H7Cl2N5O3. The van der Waals surface area contributed by atoms with Crippen molar-refractivity contribution in [3.8, 4) is 11.4 Å². The summed E-state index contributed by atoms with van der Waals surface area (Å²) < 4.78 is 0.212. The number of hydrogen-bond acceptors (Lipinski definition) is 5. The van der Waals surface area contributed by atoms with E-state index in [1.54, 1.807) is 30.3 Å². The zero-order chi connectivity index (χ0) is 17.7. The molecule has 2 aromatic carbocycles. The Bertz CT molecular complexity index is 1210. The smallest absolute Gasteiger partial charge is 0.484 e. The fourth-order valence-corrected chi connectivity index (χ4v) is 3.07. The minimum absolute atomic E-state index is 0.0507. The molecule has 0 amide bonds. The van der Waals surface area contributed by atoms with Gasteiger partial charge >= 0.3 is 11.5 Å². The highest BCUT2D eigenvalue weighted by molar-refractivity contribution is 6.38. The Hall–Kier alpha value is -2.97. The van der Waals surface area contributed by atoms with Crippen LogP contribution in [0.25, 0.3) is 33.7 Å². The average molecular weight is 376 g/mol. The molecule has 4 aromatic rings. The van der Waals surface area contributed by atoms with Crippen molar-refractivity contribution in [2.24, 2.45) is 0 Å². The minimum Gasteiger partial charge on any atom is -0.768 e. The van der Waals surface area contributed by atoms with Gasteiger partial charge in [0.15, 0.2) is 0 Å². The fraction of sp³-hybridized carbons (Fsp3) is 0. The topological polar surface area (TPSA) is 104 Å². The van der Waals surface area contributed by atoms with Crippen LogP contribution < -0.4 is 9.27 Å². The van der Waals surface area contributed by atoms with Gasteiger partial charge in [0.1, 0.15) is 15.5 Å². The standard InChI is InChI=1S/C15H7Cl2N5O3/c16-8-4-3-5-9(17)12(8)15-20(23)13-14(21(24)22(15)25)19-11-7-2-1-6-10(11)18-13/h1-7H. The van der Waals surface area contributed by atoms with Gasteiger partial charge in [-0.3, -0.25) is 0 Å². The molecule has 4 rings (SSSR count). The van der Waals surface area contributed by atoms with E-state index in [1.165, 1.54) is 12.1 Å². The van der Waals surface area contributed by atoms with Crippen LogP contribution in [0.5, 0.6) is 0 Å². The molecule has 0 radical (unpaired) electrons. The summed E-state index contributed by atoms with van der Waals surface area (Å²) >= 11 is 12.1. The van der Waals surface area contributed by atoms with Gasteiger partial charge in [0, 0.05) is 11.1 Å². The van der Waals surface area contributed by atoms with Gasteiger partial charge in [0.25, 0.3) is 5.65 Å². The predicted molar refractivity (Wildman–Crippen MR) is 91.6 cm³/mol. The van der Waals surface area contributed by atoms with Crippen LogP contribution in [-0.4, -0.2) is 14.8 Å². The maximum absolute atomic E-state index is 12.8. The van der Waals surface area contributed by atoms with Crippen molar-refractivity contribution < 1.29 is 9.27 Å². The van der Waals surface area contributed by atoms with Gasteiger partial charge in [-0.15, -0.1) is 4.85 Å². The van der Waals surface area contributed by atoms with Gasteiger partial charge in [-0.05, 0) is 23.1 Å². The number of halogens is 2. The highest BCUT2D eigenvalue weighted by Crippen LogP contribution is 2.31. The summed E-state index contributed by atoms with van der Waals surface area (Å²) in [5, 5.41) is 24.9. The van der Waals surface area contributed by atoms with Crippen LogP contribution in [0.2, 0.25) is 10.0 Å². The maximum Gasteiger partial charge on any atom is 0.484 e. The van der Waals surface area contributed by atoms with E-state index in [0.717, 1.165) is 0 Å². The summed E-state index contributed by atoms with van der Waals surface area (Å²) in [5.74, 6) is -0.581. The second-order valence-electron chi connectivity index (χ2n) is 5.12. The molecule has 0 spiro atoms.